The smallest absolute Gasteiger partial charge is 0.170 e. The van der Waals surface area contributed by atoms with Crippen molar-refractivity contribution in [2.24, 2.45) is 0 Å². The monoisotopic (exact) mass is 288 g/mol. The van der Waals surface area contributed by atoms with Crippen molar-refractivity contribution in [2.45, 2.75) is 26.8 Å². The van der Waals surface area contributed by atoms with Crippen molar-refractivity contribution in [1.82, 2.24) is 15.1 Å². The van der Waals surface area contributed by atoms with Gasteiger partial charge in [-0.15, -0.1) is 0 Å². The zero-order valence-corrected chi connectivity index (χ0v) is 12.7. The number of anilines is 1. The van der Waals surface area contributed by atoms with Gasteiger partial charge in [-0.25, -0.2) is 0 Å². The van der Waals surface area contributed by atoms with Crippen LogP contribution in [0.2, 0.25) is 0 Å². The number of nitrogens with zero attached hydrogens (tertiary/aromatic N) is 2. The Morgan fingerprint density at radius 2 is 2.15 bits per heavy atom. The Labute approximate surface area is 125 Å². The normalized spacial score (nSPS) is 10.3. The van der Waals surface area contributed by atoms with E-state index in [1.165, 1.54) is 11.1 Å². The maximum Gasteiger partial charge on any atom is 0.170 e. The number of rotatable bonds is 5. The van der Waals surface area contributed by atoms with Gasteiger partial charge in [0, 0.05) is 31.2 Å². The lowest BCUT2D eigenvalue weighted by Gasteiger charge is -2.13. The highest BCUT2D eigenvalue weighted by atomic mass is 32.1. The third-order valence-corrected chi connectivity index (χ3v) is 3.51. The number of hydrogen-bond acceptors (Lipinski definition) is 2. The molecular formula is C15H20N4S. The average molecular weight is 288 g/mol. The number of thiocarbonyl (C=S) groups is 1. The first-order chi connectivity index (χ1) is 9.66. The van der Waals surface area contributed by atoms with Gasteiger partial charge < -0.3 is 10.6 Å². The standard InChI is InChI=1S/C15H20N4S/c1-12-6-3-7-14(13(12)2)18-15(20)16-8-4-10-19-11-5-9-17-19/h3,5-7,9,11H,4,8,10H2,1-2H3,(H2,16,18,20). The summed E-state index contributed by atoms with van der Waals surface area (Å²) in [5.41, 5.74) is 3.55. The molecule has 2 rings (SSSR count). The zero-order valence-electron chi connectivity index (χ0n) is 11.9. The highest BCUT2D eigenvalue weighted by Gasteiger charge is 2.02. The summed E-state index contributed by atoms with van der Waals surface area (Å²) in [6.07, 6.45) is 4.74. The van der Waals surface area contributed by atoms with Crippen molar-refractivity contribution in [3.63, 3.8) is 0 Å². The van der Waals surface area contributed by atoms with E-state index in [-0.39, 0.29) is 0 Å². The third-order valence-electron chi connectivity index (χ3n) is 3.26. The van der Waals surface area contributed by atoms with Crippen LogP contribution in [0.4, 0.5) is 5.69 Å². The molecule has 106 valence electrons. The highest BCUT2D eigenvalue weighted by Crippen LogP contribution is 2.17. The van der Waals surface area contributed by atoms with E-state index in [0.29, 0.717) is 5.11 Å². The SMILES string of the molecule is Cc1cccc(NC(=S)NCCCn2cccn2)c1C. The average Bonchev–Trinajstić information content (AvgIpc) is 2.93. The van der Waals surface area contributed by atoms with E-state index in [1.54, 1.807) is 6.20 Å². The minimum atomic E-state index is 0.666. The second-order valence-corrected chi connectivity index (χ2v) is 5.16. The molecule has 4 nitrogen and oxygen atoms in total. The van der Waals surface area contributed by atoms with Crippen molar-refractivity contribution >= 4 is 23.0 Å². The fraction of sp³-hybridized carbons (Fsp3) is 0.333. The number of benzene rings is 1. The number of hydrogen-bond donors (Lipinski definition) is 2. The molecule has 0 aliphatic carbocycles. The van der Waals surface area contributed by atoms with Gasteiger partial charge in [0.25, 0.3) is 0 Å². The van der Waals surface area contributed by atoms with Gasteiger partial charge in [0.1, 0.15) is 0 Å². The highest BCUT2D eigenvalue weighted by molar-refractivity contribution is 7.80. The Kier molecular flexibility index (Phi) is 5.12. The molecule has 0 bridgehead atoms. The Hall–Kier alpha value is -1.88. The topological polar surface area (TPSA) is 41.9 Å². The summed E-state index contributed by atoms with van der Waals surface area (Å²) in [4.78, 5) is 0. The van der Waals surface area contributed by atoms with Crippen LogP contribution >= 0.6 is 12.2 Å². The molecule has 5 heteroatoms. The van der Waals surface area contributed by atoms with E-state index >= 15 is 0 Å². The molecule has 0 aliphatic heterocycles. The van der Waals surface area contributed by atoms with Crippen molar-refractivity contribution in [2.75, 3.05) is 11.9 Å². The van der Waals surface area contributed by atoms with Gasteiger partial charge in [0.05, 0.1) is 0 Å². The summed E-state index contributed by atoms with van der Waals surface area (Å²) in [7, 11) is 0. The summed E-state index contributed by atoms with van der Waals surface area (Å²) in [5, 5.41) is 11.3. The molecule has 0 unspecified atom stereocenters. The van der Waals surface area contributed by atoms with E-state index in [2.05, 4.69) is 35.6 Å². The van der Waals surface area contributed by atoms with Crippen molar-refractivity contribution in [1.29, 1.82) is 0 Å². The van der Waals surface area contributed by atoms with Crippen LogP contribution < -0.4 is 10.6 Å². The Balaban J connectivity index is 1.74. The van der Waals surface area contributed by atoms with Gasteiger partial charge in [0.2, 0.25) is 0 Å². The fourth-order valence-corrected chi connectivity index (χ4v) is 2.14. The van der Waals surface area contributed by atoms with Crippen LogP contribution in [0.3, 0.4) is 0 Å². The van der Waals surface area contributed by atoms with Crippen LogP contribution in [0.25, 0.3) is 0 Å². The molecule has 0 atom stereocenters. The van der Waals surface area contributed by atoms with Crippen LogP contribution in [0.15, 0.2) is 36.7 Å². The number of aryl methyl sites for hydroxylation is 2. The summed E-state index contributed by atoms with van der Waals surface area (Å²) in [6.45, 7) is 5.92. The molecule has 20 heavy (non-hydrogen) atoms. The van der Waals surface area contributed by atoms with E-state index in [0.717, 1.165) is 25.2 Å². The summed E-state index contributed by atoms with van der Waals surface area (Å²) < 4.78 is 1.92. The second-order valence-electron chi connectivity index (χ2n) is 4.75. The first-order valence-electron chi connectivity index (χ1n) is 6.75. The van der Waals surface area contributed by atoms with Gasteiger partial charge >= 0.3 is 0 Å². The summed E-state index contributed by atoms with van der Waals surface area (Å²) in [6, 6.07) is 8.10. The zero-order chi connectivity index (χ0) is 14.4. The van der Waals surface area contributed by atoms with Gasteiger partial charge in [-0.2, -0.15) is 5.10 Å². The van der Waals surface area contributed by atoms with Gasteiger partial charge in [-0.3, -0.25) is 4.68 Å². The van der Waals surface area contributed by atoms with Crippen molar-refractivity contribution in [3.05, 3.63) is 47.8 Å². The molecule has 1 heterocycles. The summed E-state index contributed by atoms with van der Waals surface area (Å²) in [5.74, 6) is 0. The predicted molar refractivity (Wildman–Crippen MR) is 87.0 cm³/mol. The van der Waals surface area contributed by atoms with Crippen LogP contribution in [-0.4, -0.2) is 21.4 Å². The minimum absolute atomic E-state index is 0.666. The van der Waals surface area contributed by atoms with Crippen molar-refractivity contribution < 1.29 is 0 Å². The molecule has 2 N–H and O–H groups in total. The van der Waals surface area contributed by atoms with E-state index < -0.39 is 0 Å². The molecule has 0 amide bonds. The maximum absolute atomic E-state index is 5.31. The van der Waals surface area contributed by atoms with Crippen LogP contribution in [-0.2, 0) is 6.54 Å². The fourth-order valence-electron chi connectivity index (χ4n) is 1.93. The molecule has 0 spiro atoms. The Morgan fingerprint density at radius 1 is 1.30 bits per heavy atom. The van der Waals surface area contributed by atoms with E-state index in [9.17, 15) is 0 Å². The van der Waals surface area contributed by atoms with Crippen LogP contribution in [0, 0.1) is 13.8 Å². The molecule has 0 saturated carbocycles. The molecule has 0 radical (unpaired) electrons. The number of nitrogens with one attached hydrogen (secondary N) is 2. The Bertz CT molecular complexity index is 563. The quantitative estimate of drug-likeness (QED) is 0.656. The largest absolute Gasteiger partial charge is 0.362 e. The molecule has 1 aromatic heterocycles. The molecular weight excluding hydrogens is 268 g/mol. The predicted octanol–water partition coefficient (Wildman–Crippen LogP) is 2.88. The van der Waals surface area contributed by atoms with Gasteiger partial charge in [-0.05, 0) is 55.7 Å². The minimum Gasteiger partial charge on any atom is -0.362 e. The van der Waals surface area contributed by atoms with E-state index in [1.807, 2.05) is 29.1 Å². The van der Waals surface area contributed by atoms with Crippen LogP contribution in [0.5, 0.6) is 0 Å². The lowest BCUT2D eigenvalue weighted by Crippen LogP contribution is -2.30. The van der Waals surface area contributed by atoms with Gasteiger partial charge in [-0.1, -0.05) is 12.1 Å². The van der Waals surface area contributed by atoms with Gasteiger partial charge in [0.15, 0.2) is 5.11 Å². The summed E-state index contributed by atoms with van der Waals surface area (Å²) >= 11 is 5.31. The maximum atomic E-state index is 5.31. The van der Waals surface area contributed by atoms with Crippen molar-refractivity contribution in [3.8, 4) is 0 Å². The third kappa shape index (κ3) is 4.06. The lowest BCUT2D eigenvalue weighted by molar-refractivity contribution is 0.574. The lowest BCUT2D eigenvalue weighted by atomic mass is 10.1. The first-order valence-corrected chi connectivity index (χ1v) is 7.16. The molecule has 2 aromatic rings. The molecule has 0 saturated heterocycles. The Morgan fingerprint density at radius 3 is 2.90 bits per heavy atom. The van der Waals surface area contributed by atoms with E-state index in [4.69, 9.17) is 12.2 Å². The number of aromatic nitrogens is 2. The first kappa shape index (κ1) is 14.5. The van der Waals surface area contributed by atoms with Crippen LogP contribution in [0.1, 0.15) is 17.5 Å². The molecule has 0 aliphatic rings. The second kappa shape index (κ2) is 7.05. The molecule has 0 fully saturated rings. The molecule has 1 aromatic carbocycles.